The number of anilines is 1. The van der Waals surface area contributed by atoms with Gasteiger partial charge in [-0.05, 0) is 37.0 Å². The molecule has 4 rings (SSSR count). The summed E-state index contributed by atoms with van der Waals surface area (Å²) in [7, 11) is 0. The zero-order valence-electron chi connectivity index (χ0n) is 16.7. The monoisotopic (exact) mass is 391 g/mol. The van der Waals surface area contributed by atoms with Crippen LogP contribution in [0.3, 0.4) is 0 Å². The molecule has 0 unspecified atom stereocenters. The van der Waals surface area contributed by atoms with Gasteiger partial charge in [-0.2, -0.15) is 0 Å². The molecule has 1 saturated heterocycles. The summed E-state index contributed by atoms with van der Waals surface area (Å²) < 4.78 is 0. The first-order valence-electron chi connectivity index (χ1n) is 10.1. The molecule has 2 heterocycles. The maximum Gasteiger partial charge on any atom is 0.325 e. The Bertz CT molecular complexity index is 959. The molecular formula is C23H25N3O3. The molecule has 2 aromatic rings. The molecule has 2 atom stereocenters. The molecule has 29 heavy (non-hydrogen) atoms. The summed E-state index contributed by atoms with van der Waals surface area (Å²) in [5.74, 6) is -0.602. The highest BCUT2D eigenvalue weighted by molar-refractivity contribution is 6.11. The van der Waals surface area contributed by atoms with Crippen molar-refractivity contribution in [2.24, 2.45) is 0 Å². The number of benzene rings is 2. The first kappa shape index (κ1) is 19.2. The summed E-state index contributed by atoms with van der Waals surface area (Å²) in [5.41, 5.74) is 1.60. The number of hydrogen-bond donors (Lipinski definition) is 1. The van der Waals surface area contributed by atoms with Crippen LogP contribution in [0.5, 0.6) is 0 Å². The zero-order valence-corrected chi connectivity index (χ0v) is 16.7. The van der Waals surface area contributed by atoms with Gasteiger partial charge in [0, 0.05) is 11.7 Å². The number of carbonyl (C=O) groups is 3. The third-order valence-corrected chi connectivity index (χ3v) is 5.84. The lowest BCUT2D eigenvalue weighted by Gasteiger charge is -2.28. The van der Waals surface area contributed by atoms with E-state index in [4.69, 9.17) is 0 Å². The second kappa shape index (κ2) is 7.35. The highest BCUT2D eigenvalue weighted by Gasteiger charge is 2.52. The fourth-order valence-electron chi connectivity index (χ4n) is 4.53. The molecule has 6 nitrogen and oxygen atoms in total. The highest BCUT2D eigenvalue weighted by atomic mass is 16.2. The Kier molecular flexibility index (Phi) is 4.86. The van der Waals surface area contributed by atoms with E-state index >= 15 is 0 Å². The van der Waals surface area contributed by atoms with Crippen molar-refractivity contribution in [3.8, 4) is 0 Å². The second-order valence-electron chi connectivity index (χ2n) is 7.79. The predicted molar refractivity (Wildman–Crippen MR) is 110 cm³/mol. The molecule has 0 radical (unpaired) electrons. The fourth-order valence-corrected chi connectivity index (χ4v) is 4.53. The Morgan fingerprint density at radius 2 is 1.79 bits per heavy atom. The Labute approximate surface area is 170 Å². The van der Waals surface area contributed by atoms with E-state index in [1.165, 1.54) is 0 Å². The van der Waals surface area contributed by atoms with Crippen molar-refractivity contribution in [3.63, 3.8) is 0 Å². The van der Waals surface area contributed by atoms with E-state index in [2.05, 4.69) is 5.32 Å². The molecule has 2 aliphatic rings. The molecule has 0 bridgehead atoms. The Morgan fingerprint density at radius 3 is 2.52 bits per heavy atom. The first-order chi connectivity index (χ1) is 14.0. The molecule has 2 aromatic carbocycles. The highest BCUT2D eigenvalue weighted by Crippen LogP contribution is 2.35. The van der Waals surface area contributed by atoms with Crippen molar-refractivity contribution in [1.29, 1.82) is 0 Å². The van der Waals surface area contributed by atoms with E-state index in [1.807, 2.05) is 68.4 Å². The molecule has 0 spiro atoms. The standard InChI is InChI=1S/C23H25N3O3/c1-3-13-23(18-10-5-4-6-11-18)21(28)25(22(29)24-23)15-20(27)26-16(2)14-17-9-7-8-12-19(17)26/h4-12,16H,3,13-15H2,1-2H3,(H,24,29)/t16-,23-/m1/s1. The van der Waals surface area contributed by atoms with E-state index in [9.17, 15) is 14.4 Å². The van der Waals surface area contributed by atoms with Crippen molar-refractivity contribution in [1.82, 2.24) is 10.2 Å². The van der Waals surface area contributed by atoms with E-state index in [0.717, 1.165) is 34.6 Å². The van der Waals surface area contributed by atoms with Gasteiger partial charge in [0.15, 0.2) is 0 Å². The number of urea groups is 1. The normalized spacial score (nSPS) is 23.3. The van der Waals surface area contributed by atoms with Crippen LogP contribution in [-0.4, -0.2) is 35.3 Å². The van der Waals surface area contributed by atoms with Gasteiger partial charge in [0.05, 0.1) is 0 Å². The van der Waals surface area contributed by atoms with Gasteiger partial charge in [-0.15, -0.1) is 0 Å². The molecule has 0 saturated carbocycles. The van der Waals surface area contributed by atoms with Gasteiger partial charge in [-0.1, -0.05) is 61.9 Å². The smallest absolute Gasteiger partial charge is 0.319 e. The molecule has 0 aromatic heterocycles. The van der Waals surface area contributed by atoms with Crippen LogP contribution in [-0.2, 0) is 21.5 Å². The van der Waals surface area contributed by atoms with Gasteiger partial charge in [0.1, 0.15) is 12.1 Å². The number of para-hydroxylation sites is 1. The minimum atomic E-state index is -1.11. The summed E-state index contributed by atoms with van der Waals surface area (Å²) in [5, 5.41) is 2.88. The van der Waals surface area contributed by atoms with E-state index < -0.39 is 11.6 Å². The summed E-state index contributed by atoms with van der Waals surface area (Å²) in [6, 6.07) is 16.5. The van der Waals surface area contributed by atoms with Crippen LogP contribution >= 0.6 is 0 Å². The lowest BCUT2D eigenvalue weighted by Crippen LogP contribution is -2.47. The number of rotatable bonds is 5. The van der Waals surface area contributed by atoms with E-state index in [0.29, 0.717) is 6.42 Å². The predicted octanol–water partition coefficient (Wildman–Crippen LogP) is 3.21. The number of fused-ring (bicyclic) bond motifs is 1. The molecule has 2 aliphatic heterocycles. The van der Waals surface area contributed by atoms with Crippen LogP contribution in [0, 0.1) is 0 Å². The van der Waals surface area contributed by atoms with Crippen LogP contribution < -0.4 is 10.2 Å². The van der Waals surface area contributed by atoms with E-state index in [1.54, 1.807) is 4.90 Å². The third-order valence-electron chi connectivity index (χ3n) is 5.84. The van der Waals surface area contributed by atoms with Crippen LogP contribution in [0.15, 0.2) is 54.6 Å². The number of hydrogen-bond acceptors (Lipinski definition) is 3. The molecule has 6 heteroatoms. The van der Waals surface area contributed by atoms with Gasteiger partial charge in [0.2, 0.25) is 5.91 Å². The summed E-state index contributed by atoms with van der Waals surface area (Å²) in [6.45, 7) is 3.69. The van der Waals surface area contributed by atoms with Crippen molar-refractivity contribution in [2.75, 3.05) is 11.4 Å². The molecule has 1 N–H and O–H groups in total. The Balaban J connectivity index is 1.61. The summed E-state index contributed by atoms with van der Waals surface area (Å²) in [6.07, 6.45) is 1.97. The van der Waals surface area contributed by atoms with Crippen LogP contribution in [0.1, 0.15) is 37.8 Å². The average molecular weight is 391 g/mol. The van der Waals surface area contributed by atoms with Crippen molar-refractivity contribution >= 4 is 23.5 Å². The Hall–Kier alpha value is -3.15. The van der Waals surface area contributed by atoms with Crippen LogP contribution in [0.25, 0.3) is 0 Å². The number of carbonyl (C=O) groups excluding carboxylic acids is 3. The number of nitrogens with one attached hydrogen (secondary N) is 1. The van der Waals surface area contributed by atoms with Crippen LogP contribution in [0.2, 0.25) is 0 Å². The lowest BCUT2D eigenvalue weighted by atomic mass is 9.85. The maximum absolute atomic E-state index is 13.4. The summed E-state index contributed by atoms with van der Waals surface area (Å²) in [4.78, 5) is 42.0. The third kappa shape index (κ3) is 3.09. The largest absolute Gasteiger partial charge is 0.325 e. The van der Waals surface area contributed by atoms with Gasteiger partial charge in [0.25, 0.3) is 5.91 Å². The minimum Gasteiger partial charge on any atom is -0.319 e. The van der Waals surface area contributed by atoms with Gasteiger partial charge in [-0.3, -0.25) is 14.5 Å². The molecule has 0 aliphatic carbocycles. The first-order valence-corrected chi connectivity index (χ1v) is 10.1. The number of imide groups is 1. The average Bonchev–Trinajstić information content (AvgIpc) is 3.18. The van der Waals surface area contributed by atoms with Crippen molar-refractivity contribution in [2.45, 2.75) is 44.7 Å². The van der Waals surface area contributed by atoms with Crippen molar-refractivity contribution in [3.05, 3.63) is 65.7 Å². The minimum absolute atomic E-state index is 0.00445. The van der Waals surface area contributed by atoms with E-state index in [-0.39, 0.29) is 24.4 Å². The Morgan fingerprint density at radius 1 is 1.10 bits per heavy atom. The topological polar surface area (TPSA) is 69.7 Å². The number of nitrogens with zero attached hydrogens (tertiary/aromatic N) is 2. The molecule has 1 fully saturated rings. The van der Waals surface area contributed by atoms with Gasteiger partial charge >= 0.3 is 6.03 Å². The van der Waals surface area contributed by atoms with Gasteiger partial charge in [-0.25, -0.2) is 4.79 Å². The number of amides is 4. The second-order valence-corrected chi connectivity index (χ2v) is 7.79. The van der Waals surface area contributed by atoms with Crippen molar-refractivity contribution < 1.29 is 14.4 Å². The molecule has 150 valence electrons. The van der Waals surface area contributed by atoms with Gasteiger partial charge < -0.3 is 10.2 Å². The van der Waals surface area contributed by atoms with Crippen LogP contribution in [0.4, 0.5) is 10.5 Å². The maximum atomic E-state index is 13.4. The fraction of sp³-hybridized carbons (Fsp3) is 0.348. The lowest BCUT2D eigenvalue weighted by molar-refractivity contribution is -0.135. The molecule has 4 amide bonds. The SMILES string of the molecule is CCC[C@]1(c2ccccc2)NC(=O)N(CC(=O)N2c3ccccc3C[C@H]2C)C1=O. The zero-order chi connectivity index (χ0) is 20.6. The quantitative estimate of drug-likeness (QED) is 0.796. The molecular weight excluding hydrogens is 366 g/mol. The summed E-state index contributed by atoms with van der Waals surface area (Å²) >= 11 is 0.